The van der Waals surface area contributed by atoms with Crippen molar-refractivity contribution in [1.82, 2.24) is 0 Å². The van der Waals surface area contributed by atoms with Crippen LogP contribution in [0, 0.1) is 41.0 Å². The van der Waals surface area contributed by atoms with Crippen LogP contribution in [-0.2, 0) is 14.1 Å². The lowest BCUT2D eigenvalue weighted by Crippen LogP contribution is -2.33. The molecule has 0 heterocycles. The van der Waals surface area contributed by atoms with Crippen molar-refractivity contribution in [2.75, 3.05) is 13.2 Å². The van der Waals surface area contributed by atoms with Crippen LogP contribution >= 0.6 is 12.0 Å². The lowest BCUT2D eigenvalue weighted by Gasteiger charge is -2.36. The van der Waals surface area contributed by atoms with E-state index in [2.05, 4.69) is 30.1 Å². The van der Waals surface area contributed by atoms with Gasteiger partial charge in [-0.1, -0.05) is 20.8 Å². The van der Waals surface area contributed by atoms with E-state index in [4.69, 9.17) is 9.47 Å². The van der Waals surface area contributed by atoms with Crippen LogP contribution in [0.2, 0.25) is 0 Å². The summed E-state index contributed by atoms with van der Waals surface area (Å²) in [6, 6.07) is 0. The topological polar surface area (TPSA) is 60.0 Å². The fourth-order valence-corrected chi connectivity index (χ4v) is 3.75. The van der Waals surface area contributed by atoms with E-state index >= 15 is 0 Å². The van der Waals surface area contributed by atoms with Crippen LogP contribution in [0.5, 0.6) is 5.75 Å². The molecule has 1 aliphatic carbocycles. The molecule has 3 atom stereocenters. The second kappa shape index (κ2) is 10.6. The molecule has 160 valence electrons. The van der Waals surface area contributed by atoms with Crippen molar-refractivity contribution < 1.29 is 41.7 Å². The SMILES string of the molecule is CC(C)[C@H]1CC[C@H](C)C(OCCOc2c(F)c(F)c(SOO[O-])c(F)c2F)C1. The summed E-state index contributed by atoms with van der Waals surface area (Å²) >= 11 is -0.285. The Balaban J connectivity index is 1.95. The molecule has 28 heavy (non-hydrogen) atoms. The van der Waals surface area contributed by atoms with Crippen molar-refractivity contribution in [2.24, 2.45) is 17.8 Å². The zero-order chi connectivity index (χ0) is 20.8. The van der Waals surface area contributed by atoms with Gasteiger partial charge in [0.1, 0.15) is 11.5 Å². The Morgan fingerprint density at radius 1 is 1.04 bits per heavy atom. The van der Waals surface area contributed by atoms with E-state index < -0.39 is 33.9 Å². The molecule has 0 N–H and O–H groups in total. The van der Waals surface area contributed by atoms with Gasteiger partial charge in [-0.2, -0.15) is 13.1 Å². The molecule has 0 spiro atoms. The second-order valence-corrected chi connectivity index (χ2v) is 7.90. The first kappa shape index (κ1) is 23.2. The standard InChI is InChI=1S/C18H24F4O5S/c1-9(2)11-5-4-10(3)12(8-11)24-6-7-25-17-13(19)15(21)18(28-27-26-23)16(22)14(17)20/h9-12,23H,4-8H2,1-3H3/p-1/t10-,11-,12?/m0/s1. The average Bonchev–Trinajstić information content (AvgIpc) is 2.67. The molecule has 0 bridgehead atoms. The largest absolute Gasteiger partial charge is 0.691 e. The zero-order valence-electron chi connectivity index (χ0n) is 15.8. The summed E-state index contributed by atoms with van der Waals surface area (Å²) in [5.41, 5.74) is 0. The lowest BCUT2D eigenvalue weighted by atomic mass is 9.76. The van der Waals surface area contributed by atoms with E-state index in [0.717, 1.165) is 19.3 Å². The Morgan fingerprint density at radius 2 is 1.68 bits per heavy atom. The second-order valence-electron chi connectivity index (χ2n) is 7.19. The molecule has 0 amide bonds. The molecular weight excluding hydrogens is 404 g/mol. The van der Waals surface area contributed by atoms with Gasteiger partial charge in [-0.05, 0) is 37.0 Å². The molecule has 0 radical (unpaired) electrons. The van der Waals surface area contributed by atoms with E-state index in [1.807, 2.05) is 0 Å². The molecule has 5 nitrogen and oxygen atoms in total. The molecule has 1 unspecified atom stereocenters. The smallest absolute Gasteiger partial charge is 0.205 e. The van der Waals surface area contributed by atoms with Crippen molar-refractivity contribution in [3.8, 4) is 5.75 Å². The molecular formula is C18H23F4O5S-. The molecule has 0 saturated heterocycles. The van der Waals surface area contributed by atoms with Crippen molar-refractivity contribution in [3.63, 3.8) is 0 Å². The average molecular weight is 427 g/mol. The number of ether oxygens (including phenoxy) is 2. The van der Waals surface area contributed by atoms with Gasteiger partial charge in [-0.3, -0.25) is 5.04 Å². The maximum absolute atomic E-state index is 14.0. The minimum atomic E-state index is -1.75. The van der Waals surface area contributed by atoms with Crippen LogP contribution in [0.3, 0.4) is 0 Å². The predicted molar refractivity (Wildman–Crippen MR) is 90.9 cm³/mol. The predicted octanol–water partition coefficient (Wildman–Crippen LogP) is 4.33. The summed E-state index contributed by atoms with van der Waals surface area (Å²) in [5, 5.41) is 12.7. The first-order chi connectivity index (χ1) is 13.3. The van der Waals surface area contributed by atoms with Gasteiger partial charge in [0.15, 0.2) is 17.4 Å². The van der Waals surface area contributed by atoms with Gasteiger partial charge in [0.05, 0.1) is 24.8 Å². The van der Waals surface area contributed by atoms with Gasteiger partial charge in [0, 0.05) is 0 Å². The third kappa shape index (κ3) is 5.50. The van der Waals surface area contributed by atoms with Gasteiger partial charge in [-0.25, -0.2) is 8.78 Å². The highest BCUT2D eigenvalue weighted by molar-refractivity contribution is 7.94. The minimum Gasteiger partial charge on any atom is -0.691 e. The van der Waals surface area contributed by atoms with E-state index in [1.165, 1.54) is 0 Å². The van der Waals surface area contributed by atoms with Crippen molar-refractivity contribution >= 4 is 12.0 Å². The molecule has 1 fully saturated rings. The molecule has 10 heteroatoms. The number of hydrogen-bond donors (Lipinski definition) is 0. The Bertz CT molecular complexity index is 632. The maximum Gasteiger partial charge on any atom is 0.205 e. The minimum absolute atomic E-state index is 0.00377. The number of halogens is 4. The summed E-state index contributed by atoms with van der Waals surface area (Å²) in [5.74, 6) is -6.73. The van der Waals surface area contributed by atoms with E-state index in [1.54, 1.807) is 0 Å². The lowest BCUT2D eigenvalue weighted by molar-refractivity contribution is -0.777. The monoisotopic (exact) mass is 427 g/mol. The molecule has 0 aromatic heterocycles. The first-order valence-corrected chi connectivity index (χ1v) is 9.75. The Labute approximate surface area is 165 Å². The summed E-state index contributed by atoms with van der Waals surface area (Å²) in [7, 11) is 0. The Kier molecular flexibility index (Phi) is 8.81. The van der Waals surface area contributed by atoms with Crippen LogP contribution in [0.1, 0.15) is 40.0 Å². The molecule has 1 aromatic rings. The van der Waals surface area contributed by atoms with Crippen LogP contribution in [-0.4, -0.2) is 19.3 Å². The van der Waals surface area contributed by atoms with E-state index in [-0.39, 0.29) is 31.4 Å². The first-order valence-electron chi connectivity index (χ1n) is 9.01. The van der Waals surface area contributed by atoms with Gasteiger partial charge in [-0.15, -0.1) is 0 Å². The highest BCUT2D eigenvalue weighted by Crippen LogP contribution is 2.36. The van der Waals surface area contributed by atoms with E-state index in [9.17, 15) is 22.8 Å². The van der Waals surface area contributed by atoms with Gasteiger partial charge in [0.2, 0.25) is 11.6 Å². The molecule has 2 rings (SSSR count). The summed E-state index contributed by atoms with van der Waals surface area (Å²) < 4.78 is 70.0. The normalized spacial score (nSPS) is 22.7. The molecule has 1 saturated carbocycles. The summed E-state index contributed by atoms with van der Waals surface area (Å²) in [6.45, 7) is 6.13. The maximum atomic E-state index is 14.0. The van der Waals surface area contributed by atoms with Crippen molar-refractivity contribution in [2.45, 2.75) is 51.0 Å². The van der Waals surface area contributed by atoms with Crippen LogP contribution in [0.15, 0.2) is 4.90 Å². The number of rotatable bonds is 9. The van der Waals surface area contributed by atoms with Crippen molar-refractivity contribution in [1.29, 1.82) is 0 Å². The highest BCUT2D eigenvalue weighted by Gasteiger charge is 2.30. The zero-order valence-corrected chi connectivity index (χ0v) is 16.6. The van der Waals surface area contributed by atoms with Crippen LogP contribution in [0.25, 0.3) is 0 Å². The van der Waals surface area contributed by atoms with Gasteiger partial charge in [0.25, 0.3) is 0 Å². The molecule has 1 aromatic carbocycles. The van der Waals surface area contributed by atoms with Crippen LogP contribution in [0.4, 0.5) is 17.6 Å². The quantitative estimate of drug-likeness (QED) is 0.146. The Hall–Kier alpha value is -1.07. The third-order valence-corrected chi connectivity index (χ3v) is 5.74. The highest BCUT2D eigenvalue weighted by atomic mass is 32.2. The molecule has 1 aliphatic rings. The number of benzene rings is 1. The van der Waals surface area contributed by atoms with Gasteiger partial charge >= 0.3 is 0 Å². The van der Waals surface area contributed by atoms with E-state index in [0.29, 0.717) is 17.8 Å². The van der Waals surface area contributed by atoms with Gasteiger partial charge < -0.3 is 14.7 Å². The fourth-order valence-electron chi connectivity index (χ4n) is 3.33. The summed E-state index contributed by atoms with van der Waals surface area (Å²) in [4.78, 5) is -1.19. The van der Waals surface area contributed by atoms with Crippen LogP contribution < -0.4 is 9.99 Å². The van der Waals surface area contributed by atoms with Crippen molar-refractivity contribution in [3.05, 3.63) is 23.3 Å². The molecule has 0 aliphatic heterocycles. The summed E-state index contributed by atoms with van der Waals surface area (Å²) in [6.07, 6.45) is 3.05. The fraction of sp³-hybridized carbons (Fsp3) is 0.667. The Morgan fingerprint density at radius 3 is 2.25 bits per heavy atom. The number of hydrogen-bond acceptors (Lipinski definition) is 6. The third-order valence-electron chi connectivity index (χ3n) is 5.09.